The number of esters is 1. The van der Waals surface area contributed by atoms with Crippen molar-refractivity contribution in [1.82, 2.24) is 4.98 Å². The zero-order chi connectivity index (χ0) is 20.2. The van der Waals surface area contributed by atoms with Gasteiger partial charge < -0.3 is 14.6 Å². The number of aromatic nitrogens is 1. The lowest BCUT2D eigenvalue weighted by molar-refractivity contribution is -0.147. The summed E-state index contributed by atoms with van der Waals surface area (Å²) in [4.78, 5) is 29.9. The minimum Gasteiger partial charge on any atom is -0.455 e. The molecule has 0 saturated carbocycles. The highest BCUT2D eigenvalue weighted by molar-refractivity contribution is 6.04. The zero-order valence-electron chi connectivity index (χ0n) is 16.2. The van der Waals surface area contributed by atoms with Gasteiger partial charge in [0.15, 0.2) is 6.61 Å². The van der Waals surface area contributed by atoms with E-state index in [2.05, 4.69) is 4.98 Å². The molecule has 3 aromatic carbocycles. The number of likely N-dealkylation sites (N-methyl/N-ethyl adjacent to an activating group) is 1. The Labute approximate surface area is 168 Å². The van der Waals surface area contributed by atoms with Gasteiger partial charge in [-0.3, -0.25) is 9.59 Å². The van der Waals surface area contributed by atoms with Crippen LogP contribution in [0.5, 0.6) is 0 Å². The standard InChI is InChI=1S/C24H22N2O3/c1-2-26(22-13-7-9-17-8-3-4-11-20(17)22)23(27)16-29-24(28)14-18-15-25-21-12-6-5-10-19(18)21/h3-13,15,25H,2,14,16H2,1H3. The fourth-order valence-electron chi connectivity index (χ4n) is 3.63. The highest BCUT2D eigenvalue weighted by atomic mass is 16.5. The van der Waals surface area contributed by atoms with Gasteiger partial charge in [-0.1, -0.05) is 54.6 Å². The van der Waals surface area contributed by atoms with Crippen molar-refractivity contribution in [1.29, 1.82) is 0 Å². The predicted molar refractivity (Wildman–Crippen MR) is 115 cm³/mol. The van der Waals surface area contributed by atoms with E-state index in [1.54, 1.807) is 4.90 Å². The smallest absolute Gasteiger partial charge is 0.310 e. The Hall–Kier alpha value is -3.60. The molecule has 1 heterocycles. The number of nitrogens with one attached hydrogen (secondary N) is 1. The molecule has 0 atom stereocenters. The number of amides is 1. The van der Waals surface area contributed by atoms with Gasteiger partial charge in [-0.2, -0.15) is 0 Å². The van der Waals surface area contributed by atoms with E-state index in [0.29, 0.717) is 6.54 Å². The van der Waals surface area contributed by atoms with E-state index in [1.807, 2.05) is 79.9 Å². The summed E-state index contributed by atoms with van der Waals surface area (Å²) in [6, 6.07) is 21.6. The van der Waals surface area contributed by atoms with E-state index < -0.39 is 5.97 Å². The van der Waals surface area contributed by atoms with E-state index in [-0.39, 0.29) is 18.9 Å². The van der Waals surface area contributed by atoms with Crippen molar-refractivity contribution in [3.63, 3.8) is 0 Å². The largest absolute Gasteiger partial charge is 0.455 e. The third kappa shape index (κ3) is 3.85. The molecule has 5 nitrogen and oxygen atoms in total. The summed E-state index contributed by atoms with van der Waals surface area (Å²) < 4.78 is 5.30. The molecule has 0 saturated heterocycles. The van der Waals surface area contributed by atoms with Crippen LogP contribution in [0, 0.1) is 0 Å². The Morgan fingerprint density at radius 1 is 0.931 bits per heavy atom. The molecule has 0 aliphatic rings. The van der Waals surface area contributed by atoms with Crippen molar-refractivity contribution >= 4 is 39.2 Å². The SMILES string of the molecule is CCN(C(=O)COC(=O)Cc1c[nH]c2ccccc12)c1cccc2ccccc12. The number of aromatic amines is 1. The second kappa shape index (κ2) is 8.19. The minimum atomic E-state index is -0.419. The number of fused-ring (bicyclic) bond motifs is 2. The second-order valence-electron chi connectivity index (χ2n) is 6.83. The number of para-hydroxylation sites is 1. The Balaban J connectivity index is 1.44. The van der Waals surface area contributed by atoms with Crippen LogP contribution in [0.25, 0.3) is 21.7 Å². The number of hydrogen-bond donors (Lipinski definition) is 1. The van der Waals surface area contributed by atoms with Crippen molar-refractivity contribution in [2.75, 3.05) is 18.1 Å². The van der Waals surface area contributed by atoms with Gasteiger partial charge in [0, 0.05) is 29.0 Å². The number of rotatable bonds is 6. The number of benzene rings is 3. The highest BCUT2D eigenvalue weighted by Gasteiger charge is 2.18. The van der Waals surface area contributed by atoms with Crippen molar-refractivity contribution in [3.8, 4) is 0 Å². The van der Waals surface area contributed by atoms with Gasteiger partial charge in [-0.05, 0) is 30.0 Å². The second-order valence-corrected chi connectivity index (χ2v) is 6.83. The van der Waals surface area contributed by atoms with Gasteiger partial charge in [0.2, 0.25) is 0 Å². The lowest BCUT2D eigenvalue weighted by atomic mass is 10.1. The summed E-state index contributed by atoms with van der Waals surface area (Å²) in [6.45, 7) is 2.12. The third-order valence-electron chi connectivity index (χ3n) is 5.04. The monoisotopic (exact) mass is 386 g/mol. The quantitative estimate of drug-likeness (QED) is 0.498. The minimum absolute atomic E-state index is 0.123. The molecule has 0 spiro atoms. The molecular weight excluding hydrogens is 364 g/mol. The van der Waals surface area contributed by atoms with E-state index >= 15 is 0 Å². The predicted octanol–water partition coefficient (Wildman–Crippen LogP) is 4.46. The lowest BCUT2D eigenvalue weighted by Crippen LogP contribution is -2.34. The number of ether oxygens (including phenoxy) is 1. The number of carbonyl (C=O) groups is 2. The van der Waals surface area contributed by atoms with Crippen LogP contribution in [0.2, 0.25) is 0 Å². The Bertz CT molecular complexity index is 1170. The van der Waals surface area contributed by atoms with Gasteiger partial charge in [0.25, 0.3) is 5.91 Å². The average Bonchev–Trinajstić information content (AvgIpc) is 3.16. The summed E-state index contributed by atoms with van der Waals surface area (Å²) in [5, 5.41) is 3.05. The molecular formula is C24H22N2O3. The Morgan fingerprint density at radius 3 is 2.48 bits per heavy atom. The number of nitrogens with zero attached hydrogens (tertiary/aromatic N) is 1. The maximum atomic E-state index is 12.8. The van der Waals surface area contributed by atoms with Crippen LogP contribution in [0.1, 0.15) is 12.5 Å². The fourth-order valence-corrected chi connectivity index (χ4v) is 3.63. The van der Waals surface area contributed by atoms with Gasteiger partial charge >= 0.3 is 5.97 Å². The van der Waals surface area contributed by atoms with Gasteiger partial charge in [0.1, 0.15) is 0 Å². The van der Waals surface area contributed by atoms with E-state index in [1.165, 1.54) is 0 Å². The molecule has 0 unspecified atom stereocenters. The molecule has 146 valence electrons. The summed E-state index contributed by atoms with van der Waals surface area (Å²) in [7, 11) is 0. The molecule has 0 aliphatic heterocycles. The molecule has 1 amide bonds. The number of H-pyrrole nitrogens is 1. The molecule has 29 heavy (non-hydrogen) atoms. The van der Waals surface area contributed by atoms with Crippen LogP contribution in [0.3, 0.4) is 0 Å². The molecule has 1 aromatic heterocycles. The summed E-state index contributed by atoms with van der Waals surface area (Å²) in [6.07, 6.45) is 1.93. The highest BCUT2D eigenvalue weighted by Crippen LogP contribution is 2.26. The van der Waals surface area contributed by atoms with Gasteiger partial charge in [-0.15, -0.1) is 0 Å². The first-order valence-corrected chi connectivity index (χ1v) is 9.66. The van der Waals surface area contributed by atoms with Crippen LogP contribution >= 0.6 is 0 Å². The Morgan fingerprint density at radius 2 is 1.66 bits per heavy atom. The Kier molecular flexibility index (Phi) is 5.29. The van der Waals surface area contributed by atoms with Crippen LogP contribution in [0.4, 0.5) is 5.69 Å². The lowest BCUT2D eigenvalue weighted by Gasteiger charge is -2.22. The fraction of sp³-hybridized carbons (Fsp3) is 0.167. The first-order valence-electron chi connectivity index (χ1n) is 9.66. The molecule has 1 N–H and O–H groups in total. The van der Waals surface area contributed by atoms with Crippen LogP contribution < -0.4 is 4.90 Å². The van der Waals surface area contributed by atoms with E-state index in [9.17, 15) is 9.59 Å². The topological polar surface area (TPSA) is 62.4 Å². The van der Waals surface area contributed by atoms with Crippen molar-refractivity contribution in [2.45, 2.75) is 13.3 Å². The van der Waals surface area contributed by atoms with E-state index in [0.717, 1.165) is 32.9 Å². The first-order chi connectivity index (χ1) is 14.2. The molecule has 0 bridgehead atoms. The van der Waals surface area contributed by atoms with Crippen LogP contribution in [-0.2, 0) is 20.7 Å². The number of anilines is 1. The first kappa shape index (κ1) is 18.7. The number of carbonyl (C=O) groups excluding carboxylic acids is 2. The molecule has 0 aliphatic carbocycles. The van der Waals surface area contributed by atoms with Crippen LogP contribution in [0.15, 0.2) is 72.9 Å². The zero-order valence-corrected chi connectivity index (χ0v) is 16.2. The maximum absolute atomic E-state index is 12.8. The molecule has 0 radical (unpaired) electrons. The third-order valence-corrected chi connectivity index (χ3v) is 5.04. The molecule has 4 rings (SSSR count). The van der Waals surface area contributed by atoms with Gasteiger partial charge in [0.05, 0.1) is 12.1 Å². The molecule has 5 heteroatoms. The molecule has 4 aromatic rings. The van der Waals surface area contributed by atoms with Crippen molar-refractivity contribution < 1.29 is 14.3 Å². The van der Waals surface area contributed by atoms with Crippen molar-refractivity contribution in [2.24, 2.45) is 0 Å². The van der Waals surface area contributed by atoms with Crippen LogP contribution in [-0.4, -0.2) is 30.0 Å². The van der Waals surface area contributed by atoms with Gasteiger partial charge in [-0.25, -0.2) is 0 Å². The van der Waals surface area contributed by atoms with E-state index in [4.69, 9.17) is 4.74 Å². The summed E-state index contributed by atoms with van der Waals surface area (Å²) in [5.41, 5.74) is 2.65. The maximum Gasteiger partial charge on any atom is 0.310 e. The normalized spacial score (nSPS) is 10.9. The average molecular weight is 386 g/mol. The van der Waals surface area contributed by atoms with Crippen molar-refractivity contribution in [3.05, 3.63) is 78.5 Å². The number of hydrogen-bond acceptors (Lipinski definition) is 3. The molecule has 0 fully saturated rings. The summed E-state index contributed by atoms with van der Waals surface area (Å²) in [5.74, 6) is -0.659. The summed E-state index contributed by atoms with van der Waals surface area (Å²) >= 11 is 0.